The molecule has 84 valence electrons. The molecule has 0 unspecified atom stereocenters. The van der Waals surface area contributed by atoms with Crippen molar-refractivity contribution in [3.63, 3.8) is 0 Å². The molecule has 0 amide bonds. The van der Waals surface area contributed by atoms with E-state index in [1.54, 1.807) is 0 Å². The third kappa shape index (κ3) is 2.37. The van der Waals surface area contributed by atoms with Gasteiger partial charge in [-0.05, 0) is 25.7 Å². The van der Waals surface area contributed by atoms with Gasteiger partial charge in [-0.3, -0.25) is 0 Å². The van der Waals surface area contributed by atoms with Gasteiger partial charge in [-0.25, -0.2) is 0 Å². The number of hydrogen-bond donors (Lipinski definition) is 1. The highest BCUT2D eigenvalue weighted by Gasteiger charge is 2.25. The first-order valence-corrected chi connectivity index (χ1v) is 5.76. The van der Waals surface area contributed by atoms with Crippen molar-refractivity contribution in [3.8, 4) is 0 Å². The second-order valence-corrected chi connectivity index (χ2v) is 4.76. The van der Waals surface area contributed by atoms with Crippen LogP contribution in [0.15, 0.2) is 4.52 Å². The first-order chi connectivity index (χ1) is 7.16. The van der Waals surface area contributed by atoms with Gasteiger partial charge in [0, 0.05) is 17.9 Å². The molecule has 4 nitrogen and oxygen atoms in total. The summed E-state index contributed by atoms with van der Waals surface area (Å²) in [7, 11) is 0. The molecule has 1 aromatic heterocycles. The van der Waals surface area contributed by atoms with Crippen LogP contribution < -0.4 is 5.73 Å². The average Bonchev–Trinajstić information content (AvgIpc) is 2.68. The number of rotatable bonds is 2. The molecule has 0 atom stereocenters. The van der Waals surface area contributed by atoms with E-state index in [0.717, 1.165) is 37.4 Å². The Bertz CT molecular complexity index is 313. The minimum atomic E-state index is 0.341. The van der Waals surface area contributed by atoms with Crippen LogP contribution in [-0.2, 0) is 0 Å². The number of aromatic nitrogens is 2. The fraction of sp³-hybridized carbons (Fsp3) is 0.818. The summed E-state index contributed by atoms with van der Waals surface area (Å²) in [6.45, 7) is 4.15. The molecular weight excluding hydrogens is 190 g/mol. The van der Waals surface area contributed by atoms with Crippen molar-refractivity contribution in [1.29, 1.82) is 0 Å². The Morgan fingerprint density at radius 3 is 2.47 bits per heavy atom. The summed E-state index contributed by atoms with van der Waals surface area (Å²) < 4.78 is 5.30. The lowest BCUT2D eigenvalue weighted by atomic mass is 9.86. The summed E-state index contributed by atoms with van der Waals surface area (Å²) in [4.78, 5) is 4.44. The van der Waals surface area contributed by atoms with Gasteiger partial charge in [-0.2, -0.15) is 4.98 Å². The summed E-state index contributed by atoms with van der Waals surface area (Å²) >= 11 is 0. The largest absolute Gasteiger partial charge is 0.339 e. The van der Waals surface area contributed by atoms with Crippen molar-refractivity contribution in [2.75, 3.05) is 0 Å². The molecule has 0 bridgehead atoms. The van der Waals surface area contributed by atoms with Gasteiger partial charge in [-0.1, -0.05) is 19.0 Å². The lowest BCUT2D eigenvalue weighted by molar-refractivity contribution is 0.299. The maximum Gasteiger partial charge on any atom is 0.229 e. The van der Waals surface area contributed by atoms with Gasteiger partial charge in [0.15, 0.2) is 5.82 Å². The van der Waals surface area contributed by atoms with Crippen LogP contribution in [0.5, 0.6) is 0 Å². The number of hydrogen-bond acceptors (Lipinski definition) is 4. The summed E-state index contributed by atoms with van der Waals surface area (Å²) in [5.74, 6) is 2.41. The van der Waals surface area contributed by atoms with E-state index in [1.807, 2.05) is 0 Å². The minimum Gasteiger partial charge on any atom is -0.339 e. The molecule has 2 N–H and O–H groups in total. The highest BCUT2D eigenvalue weighted by atomic mass is 16.5. The monoisotopic (exact) mass is 209 g/mol. The maximum absolute atomic E-state index is 5.86. The van der Waals surface area contributed by atoms with Gasteiger partial charge in [0.05, 0.1) is 0 Å². The molecule has 1 heterocycles. The fourth-order valence-electron chi connectivity index (χ4n) is 2.01. The molecular formula is C11H19N3O. The molecule has 2 rings (SSSR count). The van der Waals surface area contributed by atoms with Gasteiger partial charge >= 0.3 is 0 Å². The smallest absolute Gasteiger partial charge is 0.229 e. The van der Waals surface area contributed by atoms with Crippen LogP contribution in [0.4, 0.5) is 0 Å². The molecule has 1 aliphatic rings. The third-order valence-corrected chi connectivity index (χ3v) is 3.09. The number of nitrogens with zero attached hydrogens (tertiary/aromatic N) is 2. The minimum absolute atomic E-state index is 0.341. The second-order valence-electron chi connectivity index (χ2n) is 4.76. The van der Waals surface area contributed by atoms with E-state index >= 15 is 0 Å². The van der Waals surface area contributed by atoms with Crippen molar-refractivity contribution < 1.29 is 4.52 Å². The topological polar surface area (TPSA) is 64.9 Å². The predicted octanol–water partition coefficient (Wildman–Crippen LogP) is 2.18. The molecule has 0 aromatic carbocycles. The van der Waals surface area contributed by atoms with Crippen LogP contribution >= 0.6 is 0 Å². The van der Waals surface area contributed by atoms with Crippen LogP contribution in [0.2, 0.25) is 0 Å². The van der Waals surface area contributed by atoms with Crippen molar-refractivity contribution >= 4 is 0 Å². The normalized spacial score (nSPS) is 27.2. The Labute approximate surface area is 90.2 Å². The fourth-order valence-corrected chi connectivity index (χ4v) is 2.01. The van der Waals surface area contributed by atoms with Crippen LogP contribution in [0.3, 0.4) is 0 Å². The van der Waals surface area contributed by atoms with Crippen LogP contribution in [0.25, 0.3) is 0 Å². The summed E-state index contributed by atoms with van der Waals surface area (Å²) in [6.07, 6.45) is 4.32. The molecule has 0 saturated heterocycles. The van der Waals surface area contributed by atoms with Gasteiger partial charge in [-0.15, -0.1) is 0 Å². The first-order valence-electron chi connectivity index (χ1n) is 5.76. The maximum atomic E-state index is 5.86. The molecule has 0 radical (unpaired) electrons. The van der Waals surface area contributed by atoms with Gasteiger partial charge < -0.3 is 10.3 Å². The highest BCUT2D eigenvalue weighted by molar-refractivity contribution is 4.99. The highest BCUT2D eigenvalue weighted by Crippen LogP contribution is 2.31. The zero-order chi connectivity index (χ0) is 10.8. The Kier molecular flexibility index (Phi) is 3.05. The average molecular weight is 209 g/mol. The zero-order valence-electron chi connectivity index (χ0n) is 9.44. The van der Waals surface area contributed by atoms with Crippen molar-refractivity contribution in [1.82, 2.24) is 10.1 Å². The molecule has 1 fully saturated rings. The zero-order valence-corrected chi connectivity index (χ0v) is 9.44. The SMILES string of the molecule is CC(C)c1noc(C2CCC(N)CC2)n1. The first kappa shape index (κ1) is 10.6. The van der Waals surface area contributed by atoms with Crippen molar-refractivity contribution in [2.24, 2.45) is 5.73 Å². The predicted molar refractivity (Wildman–Crippen MR) is 57.6 cm³/mol. The van der Waals surface area contributed by atoms with Gasteiger partial charge in [0.25, 0.3) is 0 Å². The third-order valence-electron chi connectivity index (χ3n) is 3.09. The number of nitrogens with two attached hydrogens (primary N) is 1. The molecule has 1 saturated carbocycles. The van der Waals surface area contributed by atoms with E-state index in [2.05, 4.69) is 24.0 Å². The Morgan fingerprint density at radius 2 is 1.93 bits per heavy atom. The van der Waals surface area contributed by atoms with E-state index in [-0.39, 0.29) is 0 Å². The second kappa shape index (κ2) is 4.31. The van der Waals surface area contributed by atoms with Crippen LogP contribution in [-0.4, -0.2) is 16.2 Å². The molecule has 0 aliphatic heterocycles. The Balaban J connectivity index is 2.03. The lowest BCUT2D eigenvalue weighted by Gasteiger charge is -2.22. The quantitative estimate of drug-likeness (QED) is 0.810. The van der Waals surface area contributed by atoms with E-state index in [1.165, 1.54) is 0 Å². The van der Waals surface area contributed by atoms with E-state index in [9.17, 15) is 0 Å². The Morgan fingerprint density at radius 1 is 1.27 bits per heavy atom. The standard InChI is InChI=1S/C11H19N3O/c1-7(2)10-13-11(15-14-10)8-3-5-9(12)6-4-8/h7-9H,3-6,12H2,1-2H3. The van der Waals surface area contributed by atoms with E-state index < -0.39 is 0 Å². The van der Waals surface area contributed by atoms with Crippen LogP contribution in [0, 0.1) is 0 Å². The molecule has 4 heteroatoms. The van der Waals surface area contributed by atoms with E-state index in [0.29, 0.717) is 17.9 Å². The van der Waals surface area contributed by atoms with Gasteiger partial charge in [0.2, 0.25) is 5.89 Å². The molecule has 1 aliphatic carbocycles. The van der Waals surface area contributed by atoms with Crippen molar-refractivity contribution in [3.05, 3.63) is 11.7 Å². The molecule has 0 spiro atoms. The van der Waals surface area contributed by atoms with Gasteiger partial charge in [0.1, 0.15) is 0 Å². The van der Waals surface area contributed by atoms with E-state index in [4.69, 9.17) is 10.3 Å². The Hall–Kier alpha value is -0.900. The lowest BCUT2D eigenvalue weighted by Crippen LogP contribution is -2.25. The molecule has 15 heavy (non-hydrogen) atoms. The van der Waals surface area contributed by atoms with Crippen molar-refractivity contribution in [2.45, 2.75) is 57.4 Å². The summed E-state index contributed by atoms with van der Waals surface area (Å²) in [5, 5.41) is 3.99. The van der Waals surface area contributed by atoms with Crippen LogP contribution in [0.1, 0.15) is 63.1 Å². The molecule has 1 aromatic rings. The summed E-state index contributed by atoms with van der Waals surface area (Å²) in [6, 6.07) is 0.369. The summed E-state index contributed by atoms with van der Waals surface area (Å²) in [5.41, 5.74) is 5.86.